The van der Waals surface area contributed by atoms with Crippen LogP contribution in [0.2, 0.25) is 0 Å². The molecule has 0 heterocycles. The molecule has 0 saturated heterocycles. The predicted octanol–water partition coefficient (Wildman–Crippen LogP) is 6.37. The molecule has 0 spiro atoms. The molecule has 3 aliphatic rings. The zero-order chi connectivity index (χ0) is 15.6. The van der Waals surface area contributed by atoms with Crippen molar-refractivity contribution in [2.24, 2.45) is 10.8 Å². The van der Waals surface area contributed by atoms with E-state index in [-0.39, 0.29) is 10.8 Å². The maximum absolute atomic E-state index is 2.41. The summed E-state index contributed by atoms with van der Waals surface area (Å²) >= 11 is 0. The fourth-order valence-electron chi connectivity index (χ4n) is 4.50. The van der Waals surface area contributed by atoms with E-state index in [1.54, 1.807) is 22.3 Å². The third kappa shape index (κ3) is 1.43. The van der Waals surface area contributed by atoms with E-state index in [9.17, 15) is 0 Å². The van der Waals surface area contributed by atoms with E-state index in [2.05, 4.69) is 69.2 Å². The summed E-state index contributed by atoms with van der Waals surface area (Å²) in [7, 11) is 0. The Morgan fingerprint density at radius 1 is 0.400 bits per heavy atom. The molecule has 0 nitrogen and oxygen atoms in total. The number of rotatable bonds is 0. The van der Waals surface area contributed by atoms with E-state index in [4.69, 9.17) is 0 Å². The van der Waals surface area contributed by atoms with Gasteiger partial charge in [0.05, 0.1) is 0 Å². The number of fused-ring (bicyclic) bond motifs is 1. The van der Waals surface area contributed by atoms with Gasteiger partial charge in [-0.3, -0.25) is 0 Å². The number of allylic oxidation sites excluding steroid dienone is 8. The summed E-state index contributed by atoms with van der Waals surface area (Å²) in [6.07, 6.45) is 0. The van der Waals surface area contributed by atoms with Crippen LogP contribution in [0.25, 0.3) is 0 Å². The zero-order valence-corrected chi connectivity index (χ0v) is 15.0. The molecule has 0 aromatic rings. The summed E-state index contributed by atoms with van der Waals surface area (Å²) in [5.41, 5.74) is 12.4. The van der Waals surface area contributed by atoms with Crippen molar-refractivity contribution >= 4 is 0 Å². The summed E-state index contributed by atoms with van der Waals surface area (Å²) in [4.78, 5) is 0. The second-order valence-corrected chi connectivity index (χ2v) is 7.25. The van der Waals surface area contributed by atoms with Crippen LogP contribution in [-0.4, -0.2) is 0 Å². The minimum absolute atomic E-state index is 0.0969. The second-order valence-electron chi connectivity index (χ2n) is 7.25. The lowest BCUT2D eigenvalue weighted by Gasteiger charge is -2.51. The lowest BCUT2D eigenvalue weighted by atomic mass is 9.53. The number of hydrogen-bond acceptors (Lipinski definition) is 0. The minimum Gasteiger partial charge on any atom is -0.0592 e. The van der Waals surface area contributed by atoms with E-state index >= 15 is 0 Å². The van der Waals surface area contributed by atoms with Gasteiger partial charge >= 0.3 is 0 Å². The maximum atomic E-state index is 2.41. The predicted molar refractivity (Wildman–Crippen MR) is 89.7 cm³/mol. The molecule has 0 amide bonds. The average molecular weight is 270 g/mol. The van der Waals surface area contributed by atoms with Crippen LogP contribution < -0.4 is 0 Å². The molecular weight excluding hydrogens is 240 g/mol. The SMILES string of the molecule is CC1=C(C)C2(C)C(C)=C(C)C(C)(C(C)=C2C)/C(C)=C\1C. The van der Waals surface area contributed by atoms with Crippen molar-refractivity contribution in [3.05, 3.63) is 44.6 Å². The van der Waals surface area contributed by atoms with E-state index in [1.165, 1.54) is 22.3 Å². The van der Waals surface area contributed by atoms with E-state index < -0.39 is 0 Å². The standard InChI is InChI=1S/C20H30/c1-11-12(2)14(4)20(10)17(7)15(5)19(9,13(11)3)16(6)18(20)8/h1-10H3/b13-11-,14-12?. The first-order valence-electron chi connectivity index (χ1n) is 7.75. The normalized spacial score (nSPS) is 38.7. The Balaban J connectivity index is 3.09. The Morgan fingerprint density at radius 2 is 0.600 bits per heavy atom. The molecule has 0 aromatic carbocycles. The van der Waals surface area contributed by atoms with Crippen LogP contribution in [-0.2, 0) is 0 Å². The Morgan fingerprint density at radius 3 is 0.800 bits per heavy atom. The van der Waals surface area contributed by atoms with Crippen LogP contribution >= 0.6 is 0 Å². The highest BCUT2D eigenvalue weighted by molar-refractivity contribution is 5.60. The third-order valence-corrected chi connectivity index (χ3v) is 7.31. The Labute approximate surface area is 125 Å². The molecule has 3 aliphatic carbocycles. The minimum atomic E-state index is 0.0969. The second kappa shape index (κ2) is 4.23. The van der Waals surface area contributed by atoms with Crippen LogP contribution in [0.3, 0.4) is 0 Å². The smallest absolute Gasteiger partial charge is 0.0305 e. The van der Waals surface area contributed by atoms with Gasteiger partial charge in [-0.05, 0) is 80.4 Å². The topological polar surface area (TPSA) is 0 Å². The molecule has 0 heteroatoms. The first-order chi connectivity index (χ1) is 9.02. The summed E-state index contributed by atoms with van der Waals surface area (Å²) in [6.45, 7) is 23.4. The quantitative estimate of drug-likeness (QED) is 0.448. The van der Waals surface area contributed by atoms with Crippen LogP contribution in [0, 0.1) is 10.8 Å². The zero-order valence-electron chi connectivity index (χ0n) is 15.0. The molecule has 0 atom stereocenters. The summed E-state index contributed by atoms with van der Waals surface area (Å²) < 4.78 is 0. The van der Waals surface area contributed by atoms with Gasteiger partial charge in [0.1, 0.15) is 0 Å². The molecule has 0 unspecified atom stereocenters. The molecule has 0 aromatic heterocycles. The molecule has 0 N–H and O–H groups in total. The Bertz CT molecular complexity index is 534. The molecule has 0 aliphatic heterocycles. The van der Waals surface area contributed by atoms with Gasteiger partial charge in [-0.2, -0.15) is 0 Å². The van der Waals surface area contributed by atoms with Crippen LogP contribution in [0.15, 0.2) is 44.6 Å². The van der Waals surface area contributed by atoms with Crippen molar-refractivity contribution in [1.82, 2.24) is 0 Å². The molecule has 20 heavy (non-hydrogen) atoms. The summed E-state index contributed by atoms with van der Waals surface area (Å²) in [5.74, 6) is 0. The highest BCUT2D eigenvalue weighted by Gasteiger charge is 2.47. The van der Waals surface area contributed by atoms with Crippen molar-refractivity contribution < 1.29 is 0 Å². The van der Waals surface area contributed by atoms with E-state index in [1.807, 2.05) is 0 Å². The lowest BCUT2D eigenvalue weighted by Crippen LogP contribution is -2.38. The van der Waals surface area contributed by atoms with Crippen LogP contribution in [0.1, 0.15) is 69.2 Å². The molecule has 0 radical (unpaired) electrons. The van der Waals surface area contributed by atoms with Crippen molar-refractivity contribution in [1.29, 1.82) is 0 Å². The molecule has 110 valence electrons. The molecule has 3 rings (SSSR count). The fraction of sp³-hybridized carbons (Fsp3) is 0.600. The fourth-order valence-corrected chi connectivity index (χ4v) is 4.50. The van der Waals surface area contributed by atoms with Gasteiger partial charge in [0.25, 0.3) is 0 Å². The monoisotopic (exact) mass is 270 g/mol. The van der Waals surface area contributed by atoms with Gasteiger partial charge in [0.15, 0.2) is 0 Å². The van der Waals surface area contributed by atoms with Crippen molar-refractivity contribution in [3.63, 3.8) is 0 Å². The van der Waals surface area contributed by atoms with Gasteiger partial charge in [0, 0.05) is 10.8 Å². The Hall–Kier alpha value is -1.04. The molecule has 0 saturated carbocycles. The van der Waals surface area contributed by atoms with Crippen molar-refractivity contribution in [3.8, 4) is 0 Å². The largest absolute Gasteiger partial charge is 0.0592 e. The summed E-state index contributed by atoms with van der Waals surface area (Å²) in [5, 5.41) is 0. The maximum Gasteiger partial charge on any atom is 0.0305 e. The molecule has 0 fully saturated rings. The van der Waals surface area contributed by atoms with Crippen molar-refractivity contribution in [2.45, 2.75) is 69.2 Å². The number of hydrogen-bond donors (Lipinski definition) is 0. The summed E-state index contributed by atoms with van der Waals surface area (Å²) in [6, 6.07) is 0. The van der Waals surface area contributed by atoms with Crippen LogP contribution in [0.5, 0.6) is 0 Å². The average Bonchev–Trinajstić information content (AvgIpc) is 2.45. The third-order valence-electron chi connectivity index (χ3n) is 7.31. The van der Waals surface area contributed by atoms with Gasteiger partial charge in [-0.25, -0.2) is 0 Å². The van der Waals surface area contributed by atoms with E-state index in [0.717, 1.165) is 0 Å². The van der Waals surface area contributed by atoms with Crippen LogP contribution in [0.4, 0.5) is 0 Å². The van der Waals surface area contributed by atoms with Gasteiger partial charge in [-0.1, -0.05) is 33.4 Å². The first kappa shape index (κ1) is 15.4. The van der Waals surface area contributed by atoms with Gasteiger partial charge < -0.3 is 0 Å². The lowest BCUT2D eigenvalue weighted by molar-refractivity contribution is 0.444. The van der Waals surface area contributed by atoms with Gasteiger partial charge in [-0.15, -0.1) is 0 Å². The first-order valence-corrected chi connectivity index (χ1v) is 7.75. The Kier molecular flexibility index (Phi) is 3.24. The highest BCUT2D eigenvalue weighted by atomic mass is 14.5. The van der Waals surface area contributed by atoms with Crippen molar-refractivity contribution in [2.75, 3.05) is 0 Å². The molecular formula is C20H30. The van der Waals surface area contributed by atoms with Gasteiger partial charge in [0.2, 0.25) is 0 Å². The van der Waals surface area contributed by atoms with E-state index in [0.29, 0.717) is 0 Å². The molecule has 2 bridgehead atoms. The highest BCUT2D eigenvalue weighted by Crippen LogP contribution is 2.60.